The summed E-state index contributed by atoms with van der Waals surface area (Å²) < 4.78 is 5.39. The van der Waals surface area contributed by atoms with Crippen LogP contribution in [0.3, 0.4) is 0 Å². The molecule has 1 fully saturated rings. The van der Waals surface area contributed by atoms with Gasteiger partial charge in [0.15, 0.2) is 5.76 Å². The lowest BCUT2D eigenvalue weighted by Gasteiger charge is -2.32. The van der Waals surface area contributed by atoms with Gasteiger partial charge >= 0.3 is 5.97 Å². The van der Waals surface area contributed by atoms with Gasteiger partial charge in [-0.3, -0.25) is 4.79 Å². The van der Waals surface area contributed by atoms with Crippen molar-refractivity contribution in [2.24, 2.45) is 0 Å². The van der Waals surface area contributed by atoms with Gasteiger partial charge in [-0.2, -0.15) is 0 Å². The van der Waals surface area contributed by atoms with Crippen molar-refractivity contribution in [1.29, 1.82) is 0 Å². The van der Waals surface area contributed by atoms with Gasteiger partial charge < -0.3 is 14.4 Å². The third-order valence-corrected chi connectivity index (χ3v) is 3.27. The first-order valence-corrected chi connectivity index (χ1v) is 6.26. The van der Waals surface area contributed by atoms with Gasteiger partial charge in [0.05, 0.1) is 0 Å². The highest BCUT2D eigenvalue weighted by molar-refractivity contribution is 5.94. The molecular weight excluding hydrogens is 234 g/mol. The molecule has 1 aromatic heterocycles. The molecule has 2 rings (SSSR count). The number of aliphatic carboxylic acids is 1. The van der Waals surface area contributed by atoms with E-state index >= 15 is 0 Å². The van der Waals surface area contributed by atoms with Crippen LogP contribution in [0.5, 0.6) is 0 Å². The molecule has 1 atom stereocenters. The van der Waals surface area contributed by atoms with Crippen molar-refractivity contribution in [3.8, 4) is 0 Å². The number of carbonyl (C=O) groups is 2. The standard InChI is InChI=1S/C13H17NO4/c1-2-9-6-7-11(18-9)12(15)14-8-4-3-5-10(14)13(16)17/h6-7,10H,2-5,8H2,1H3,(H,16,17). The van der Waals surface area contributed by atoms with E-state index in [0.29, 0.717) is 13.0 Å². The van der Waals surface area contributed by atoms with Gasteiger partial charge in [0.2, 0.25) is 0 Å². The summed E-state index contributed by atoms with van der Waals surface area (Å²) in [5.74, 6) is -0.283. The SMILES string of the molecule is CCc1ccc(C(=O)N2CCCCC2C(=O)O)o1. The van der Waals surface area contributed by atoms with Crippen LogP contribution in [0.1, 0.15) is 42.5 Å². The number of carboxylic acid groups (broad SMARTS) is 1. The van der Waals surface area contributed by atoms with Crippen LogP contribution in [0.2, 0.25) is 0 Å². The highest BCUT2D eigenvalue weighted by atomic mass is 16.4. The summed E-state index contributed by atoms with van der Waals surface area (Å²) in [6.07, 6.45) is 2.92. The Morgan fingerprint density at radius 2 is 2.22 bits per heavy atom. The molecule has 0 aliphatic carbocycles. The maximum Gasteiger partial charge on any atom is 0.326 e. The number of carboxylic acids is 1. The topological polar surface area (TPSA) is 70.8 Å². The molecule has 98 valence electrons. The molecule has 0 radical (unpaired) electrons. The Balaban J connectivity index is 2.17. The lowest BCUT2D eigenvalue weighted by atomic mass is 10.0. The first-order valence-electron chi connectivity index (χ1n) is 6.26. The molecule has 1 aliphatic rings. The lowest BCUT2D eigenvalue weighted by Crippen LogP contribution is -2.47. The van der Waals surface area contributed by atoms with Gasteiger partial charge in [-0.15, -0.1) is 0 Å². The first-order chi connectivity index (χ1) is 8.63. The van der Waals surface area contributed by atoms with Crippen molar-refractivity contribution in [3.63, 3.8) is 0 Å². The van der Waals surface area contributed by atoms with E-state index in [1.165, 1.54) is 4.90 Å². The van der Waals surface area contributed by atoms with Gasteiger partial charge in [-0.05, 0) is 31.4 Å². The number of furan rings is 1. The van der Waals surface area contributed by atoms with E-state index in [0.717, 1.165) is 25.0 Å². The smallest absolute Gasteiger partial charge is 0.326 e. The minimum atomic E-state index is -0.940. The quantitative estimate of drug-likeness (QED) is 0.891. The van der Waals surface area contributed by atoms with E-state index in [9.17, 15) is 9.59 Å². The lowest BCUT2D eigenvalue weighted by molar-refractivity contribution is -0.143. The molecule has 18 heavy (non-hydrogen) atoms. The summed E-state index contributed by atoms with van der Waals surface area (Å²) in [7, 11) is 0. The van der Waals surface area contributed by atoms with Crippen LogP contribution in [0, 0.1) is 0 Å². The molecule has 0 bridgehead atoms. The second kappa shape index (κ2) is 5.25. The zero-order valence-electron chi connectivity index (χ0n) is 10.4. The van der Waals surface area contributed by atoms with Gasteiger partial charge in [0.1, 0.15) is 11.8 Å². The predicted molar refractivity (Wildman–Crippen MR) is 64.4 cm³/mol. The molecule has 1 unspecified atom stereocenters. The van der Waals surface area contributed by atoms with Crippen molar-refractivity contribution < 1.29 is 19.1 Å². The molecule has 0 spiro atoms. The molecular formula is C13H17NO4. The fourth-order valence-electron chi connectivity index (χ4n) is 2.26. The highest BCUT2D eigenvalue weighted by Gasteiger charge is 2.33. The van der Waals surface area contributed by atoms with Crippen molar-refractivity contribution in [2.45, 2.75) is 38.6 Å². The number of carbonyl (C=O) groups excluding carboxylic acids is 1. The molecule has 1 N–H and O–H groups in total. The molecule has 0 saturated carbocycles. The number of piperidine rings is 1. The first kappa shape index (κ1) is 12.7. The Morgan fingerprint density at radius 3 is 2.83 bits per heavy atom. The Labute approximate surface area is 105 Å². The number of likely N-dealkylation sites (tertiary alicyclic amines) is 1. The van der Waals surface area contributed by atoms with Crippen LogP contribution in [0.15, 0.2) is 16.5 Å². The number of amides is 1. The molecule has 1 saturated heterocycles. The van der Waals surface area contributed by atoms with Crippen LogP contribution >= 0.6 is 0 Å². The summed E-state index contributed by atoms with van der Waals surface area (Å²) in [5.41, 5.74) is 0. The summed E-state index contributed by atoms with van der Waals surface area (Å²) in [4.78, 5) is 24.8. The molecule has 5 heteroatoms. The van der Waals surface area contributed by atoms with Crippen LogP contribution < -0.4 is 0 Å². The van der Waals surface area contributed by atoms with Crippen molar-refractivity contribution in [2.75, 3.05) is 6.54 Å². The van der Waals surface area contributed by atoms with Crippen molar-refractivity contribution in [3.05, 3.63) is 23.7 Å². The van der Waals surface area contributed by atoms with Gasteiger partial charge in [-0.25, -0.2) is 4.79 Å². The molecule has 1 aliphatic heterocycles. The molecule has 1 amide bonds. The second-order valence-corrected chi connectivity index (χ2v) is 4.47. The van der Waals surface area contributed by atoms with E-state index in [-0.39, 0.29) is 11.7 Å². The average molecular weight is 251 g/mol. The van der Waals surface area contributed by atoms with Crippen LogP contribution in [-0.2, 0) is 11.2 Å². The average Bonchev–Trinajstić information content (AvgIpc) is 2.86. The number of hydrogen-bond donors (Lipinski definition) is 1. The number of rotatable bonds is 3. The third-order valence-electron chi connectivity index (χ3n) is 3.27. The second-order valence-electron chi connectivity index (χ2n) is 4.47. The summed E-state index contributed by atoms with van der Waals surface area (Å²) in [6.45, 7) is 2.42. The zero-order valence-corrected chi connectivity index (χ0v) is 10.4. The largest absolute Gasteiger partial charge is 0.480 e. The normalized spacial score (nSPS) is 19.8. The third kappa shape index (κ3) is 2.39. The van der Waals surface area contributed by atoms with Crippen LogP contribution in [0.4, 0.5) is 0 Å². The van der Waals surface area contributed by atoms with E-state index in [1.54, 1.807) is 12.1 Å². The van der Waals surface area contributed by atoms with E-state index < -0.39 is 12.0 Å². The molecule has 1 aromatic rings. The number of aryl methyl sites for hydroxylation is 1. The number of hydrogen-bond acceptors (Lipinski definition) is 3. The molecule has 2 heterocycles. The van der Waals surface area contributed by atoms with Crippen molar-refractivity contribution >= 4 is 11.9 Å². The predicted octanol–water partition coefficient (Wildman–Crippen LogP) is 1.92. The minimum Gasteiger partial charge on any atom is -0.480 e. The monoisotopic (exact) mass is 251 g/mol. The minimum absolute atomic E-state index is 0.236. The van der Waals surface area contributed by atoms with E-state index in [1.807, 2.05) is 6.92 Å². The maximum atomic E-state index is 12.2. The van der Waals surface area contributed by atoms with Crippen LogP contribution in [-0.4, -0.2) is 34.5 Å². The fraction of sp³-hybridized carbons (Fsp3) is 0.538. The van der Waals surface area contributed by atoms with Gasteiger partial charge in [-0.1, -0.05) is 6.92 Å². The molecule has 0 aromatic carbocycles. The van der Waals surface area contributed by atoms with Gasteiger partial charge in [0.25, 0.3) is 5.91 Å². The maximum absolute atomic E-state index is 12.2. The zero-order chi connectivity index (χ0) is 13.1. The Kier molecular flexibility index (Phi) is 3.69. The summed E-state index contributed by atoms with van der Waals surface area (Å²) >= 11 is 0. The highest BCUT2D eigenvalue weighted by Crippen LogP contribution is 2.21. The summed E-state index contributed by atoms with van der Waals surface area (Å²) in [5, 5.41) is 9.13. The van der Waals surface area contributed by atoms with E-state index in [2.05, 4.69) is 0 Å². The van der Waals surface area contributed by atoms with E-state index in [4.69, 9.17) is 9.52 Å². The Hall–Kier alpha value is -1.78. The van der Waals surface area contributed by atoms with Crippen molar-refractivity contribution in [1.82, 2.24) is 4.90 Å². The van der Waals surface area contributed by atoms with Gasteiger partial charge in [0, 0.05) is 13.0 Å². The molecule has 5 nitrogen and oxygen atoms in total. The fourth-order valence-corrected chi connectivity index (χ4v) is 2.26. The Bertz CT molecular complexity index is 452. The Morgan fingerprint density at radius 1 is 1.44 bits per heavy atom. The van der Waals surface area contributed by atoms with Crippen LogP contribution in [0.25, 0.3) is 0 Å². The number of nitrogens with zero attached hydrogens (tertiary/aromatic N) is 1. The summed E-state index contributed by atoms with van der Waals surface area (Å²) in [6, 6.07) is 2.66.